The van der Waals surface area contributed by atoms with Gasteiger partial charge in [-0.05, 0) is 43.0 Å². The zero-order valence-electron chi connectivity index (χ0n) is 15.9. The number of nitrogens with zero attached hydrogens (tertiary/aromatic N) is 1. The van der Waals surface area contributed by atoms with Crippen LogP contribution in [0.3, 0.4) is 0 Å². The summed E-state index contributed by atoms with van der Waals surface area (Å²) >= 11 is 0. The predicted molar refractivity (Wildman–Crippen MR) is 111 cm³/mol. The molecule has 0 aliphatic carbocycles. The van der Waals surface area contributed by atoms with Gasteiger partial charge in [0.25, 0.3) is 0 Å². The molecule has 0 bridgehead atoms. The Morgan fingerprint density at radius 2 is 1.86 bits per heavy atom. The average Bonchev–Trinajstić information content (AvgIpc) is 3.16. The number of hydrogen-bond acceptors (Lipinski definition) is 2. The first-order valence-electron chi connectivity index (χ1n) is 9.89. The number of hydrogen-bond donors (Lipinski definition) is 2. The number of piperidine rings is 1. The van der Waals surface area contributed by atoms with Crippen LogP contribution in [0.1, 0.15) is 24.8 Å². The SMILES string of the molecule is O=C(Nc1ccccc1)[C@@H]1CCCN(C(=O)CCc2c[nH]c3ccccc23)C1. The fraction of sp³-hybridized carbons (Fsp3) is 0.304. The maximum absolute atomic E-state index is 12.7. The molecular weight excluding hydrogens is 350 g/mol. The van der Waals surface area contributed by atoms with Crippen molar-refractivity contribution < 1.29 is 9.59 Å². The average molecular weight is 375 g/mol. The molecule has 1 atom stereocenters. The first-order valence-corrected chi connectivity index (χ1v) is 9.89. The molecule has 2 N–H and O–H groups in total. The van der Waals surface area contributed by atoms with E-state index < -0.39 is 0 Å². The summed E-state index contributed by atoms with van der Waals surface area (Å²) < 4.78 is 0. The lowest BCUT2D eigenvalue weighted by molar-refractivity contribution is -0.134. The van der Waals surface area contributed by atoms with E-state index >= 15 is 0 Å². The van der Waals surface area contributed by atoms with Gasteiger partial charge in [0.05, 0.1) is 5.92 Å². The van der Waals surface area contributed by atoms with E-state index in [0.29, 0.717) is 19.4 Å². The summed E-state index contributed by atoms with van der Waals surface area (Å²) in [5.41, 5.74) is 3.06. The minimum absolute atomic E-state index is 0.000304. The lowest BCUT2D eigenvalue weighted by Gasteiger charge is -2.32. The van der Waals surface area contributed by atoms with Crippen molar-refractivity contribution in [1.82, 2.24) is 9.88 Å². The third kappa shape index (κ3) is 4.09. The van der Waals surface area contributed by atoms with Gasteiger partial charge in [-0.15, -0.1) is 0 Å². The number of para-hydroxylation sites is 2. The fourth-order valence-corrected chi connectivity index (χ4v) is 3.92. The number of rotatable bonds is 5. The molecule has 0 saturated carbocycles. The van der Waals surface area contributed by atoms with Gasteiger partial charge >= 0.3 is 0 Å². The Bertz CT molecular complexity index is 964. The number of aromatic nitrogens is 1. The van der Waals surface area contributed by atoms with Crippen LogP contribution < -0.4 is 5.32 Å². The lowest BCUT2D eigenvalue weighted by atomic mass is 9.96. The third-order valence-corrected chi connectivity index (χ3v) is 5.47. The summed E-state index contributed by atoms with van der Waals surface area (Å²) in [6, 6.07) is 17.6. The summed E-state index contributed by atoms with van der Waals surface area (Å²) in [6.07, 6.45) is 4.86. The highest BCUT2D eigenvalue weighted by Crippen LogP contribution is 2.22. The number of carbonyl (C=O) groups excluding carboxylic acids is 2. The van der Waals surface area contributed by atoms with Crippen LogP contribution in [0.4, 0.5) is 5.69 Å². The van der Waals surface area contributed by atoms with E-state index in [1.165, 1.54) is 10.9 Å². The van der Waals surface area contributed by atoms with Crippen LogP contribution in [-0.4, -0.2) is 34.8 Å². The Balaban J connectivity index is 1.33. The van der Waals surface area contributed by atoms with Gasteiger partial charge in [0, 0.05) is 42.3 Å². The van der Waals surface area contributed by atoms with Crippen molar-refractivity contribution in [2.75, 3.05) is 18.4 Å². The first-order chi connectivity index (χ1) is 13.7. The first kappa shape index (κ1) is 18.3. The van der Waals surface area contributed by atoms with Gasteiger partial charge in [0.1, 0.15) is 0 Å². The molecule has 0 unspecified atom stereocenters. The Morgan fingerprint density at radius 3 is 2.71 bits per heavy atom. The van der Waals surface area contributed by atoms with Crippen LogP contribution in [0.5, 0.6) is 0 Å². The summed E-state index contributed by atoms with van der Waals surface area (Å²) in [6.45, 7) is 1.24. The second-order valence-electron chi connectivity index (χ2n) is 7.39. The number of H-pyrrole nitrogens is 1. The second kappa shape index (κ2) is 8.30. The van der Waals surface area contributed by atoms with Crippen molar-refractivity contribution in [2.45, 2.75) is 25.7 Å². The zero-order valence-corrected chi connectivity index (χ0v) is 15.9. The zero-order chi connectivity index (χ0) is 19.3. The van der Waals surface area contributed by atoms with Crippen molar-refractivity contribution >= 4 is 28.4 Å². The molecule has 1 saturated heterocycles. The van der Waals surface area contributed by atoms with Gasteiger partial charge in [0.2, 0.25) is 11.8 Å². The molecule has 1 aromatic heterocycles. The summed E-state index contributed by atoms with van der Waals surface area (Å²) in [5, 5.41) is 4.14. The Kier molecular flexibility index (Phi) is 5.42. The molecule has 0 spiro atoms. The van der Waals surface area contributed by atoms with Gasteiger partial charge < -0.3 is 15.2 Å². The highest BCUT2D eigenvalue weighted by molar-refractivity contribution is 5.93. The van der Waals surface area contributed by atoms with Crippen molar-refractivity contribution in [3.63, 3.8) is 0 Å². The summed E-state index contributed by atoms with van der Waals surface area (Å²) in [7, 11) is 0. The Morgan fingerprint density at radius 1 is 1.07 bits per heavy atom. The van der Waals surface area contributed by atoms with Gasteiger partial charge in [-0.25, -0.2) is 0 Å². The van der Waals surface area contributed by atoms with E-state index in [9.17, 15) is 9.59 Å². The molecule has 4 rings (SSSR count). The van der Waals surface area contributed by atoms with Crippen LogP contribution in [-0.2, 0) is 16.0 Å². The largest absolute Gasteiger partial charge is 0.361 e. The fourth-order valence-electron chi connectivity index (χ4n) is 3.92. The van der Waals surface area contributed by atoms with Crippen LogP contribution in [0.2, 0.25) is 0 Å². The second-order valence-corrected chi connectivity index (χ2v) is 7.39. The maximum Gasteiger partial charge on any atom is 0.229 e. The predicted octanol–water partition coefficient (Wildman–Crippen LogP) is 3.98. The molecular formula is C23H25N3O2. The van der Waals surface area contributed by atoms with E-state index in [-0.39, 0.29) is 17.7 Å². The number of aromatic amines is 1. The number of nitrogens with one attached hydrogen (secondary N) is 2. The van der Waals surface area contributed by atoms with Crippen LogP contribution in [0.15, 0.2) is 60.8 Å². The monoisotopic (exact) mass is 375 g/mol. The molecule has 2 amide bonds. The molecule has 1 aliphatic rings. The van der Waals surface area contributed by atoms with Crippen molar-refractivity contribution in [3.8, 4) is 0 Å². The number of carbonyl (C=O) groups is 2. The molecule has 2 aromatic carbocycles. The Hall–Kier alpha value is -3.08. The third-order valence-electron chi connectivity index (χ3n) is 5.47. The highest BCUT2D eigenvalue weighted by Gasteiger charge is 2.28. The van der Waals surface area contributed by atoms with Crippen LogP contribution in [0.25, 0.3) is 10.9 Å². The minimum Gasteiger partial charge on any atom is -0.361 e. The standard InChI is InChI=1S/C23H25N3O2/c27-22(13-12-17-15-24-21-11-5-4-10-20(17)21)26-14-6-7-18(16-26)23(28)25-19-8-2-1-3-9-19/h1-5,8-11,15,18,24H,6-7,12-14,16H2,(H,25,28)/t18-/m1/s1. The number of fused-ring (bicyclic) bond motifs is 1. The molecule has 5 nitrogen and oxygen atoms in total. The maximum atomic E-state index is 12.7. The Labute approximate surface area is 164 Å². The molecule has 1 aliphatic heterocycles. The minimum atomic E-state index is -0.147. The van der Waals surface area contributed by atoms with Gasteiger partial charge in [-0.3, -0.25) is 9.59 Å². The molecule has 2 heterocycles. The van der Waals surface area contributed by atoms with E-state index in [4.69, 9.17) is 0 Å². The number of anilines is 1. The van der Waals surface area contributed by atoms with Gasteiger partial charge in [-0.1, -0.05) is 36.4 Å². The summed E-state index contributed by atoms with van der Waals surface area (Å²) in [4.78, 5) is 30.4. The van der Waals surface area contributed by atoms with E-state index in [1.807, 2.05) is 59.6 Å². The molecule has 0 radical (unpaired) electrons. The topological polar surface area (TPSA) is 65.2 Å². The van der Waals surface area contributed by atoms with Crippen molar-refractivity contribution in [2.24, 2.45) is 5.92 Å². The molecule has 3 aromatic rings. The van der Waals surface area contributed by atoms with E-state index in [2.05, 4.69) is 16.4 Å². The quantitative estimate of drug-likeness (QED) is 0.708. The molecule has 28 heavy (non-hydrogen) atoms. The number of benzene rings is 2. The smallest absolute Gasteiger partial charge is 0.229 e. The van der Waals surface area contributed by atoms with Crippen LogP contribution in [0, 0.1) is 5.92 Å². The molecule has 1 fully saturated rings. The number of aryl methyl sites for hydroxylation is 1. The molecule has 5 heteroatoms. The molecule has 144 valence electrons. The normalized spacial score (nSPS) is 16.9. The van der Waals surface area contributed by atoms with Crippen molar-refractivity contribution in [3.05, 3.63) is 66.4 Å². The number of likely N-dealkylation sites (tertiary alicyclic amines) is 1. The van der Waals surface area contributed by atoms with E-state index in [0.717, 1.165) is 30.6 Å². The van der Waals surface area contributed by atoms with Crippen LogP contribution >= 0.6 is 0 Å². The van der Waals surface area contributed by atoms with Gasteiger partial charge in [-0.2, -0.15) is 0 Å². The van der Waals surface area contributed by atoms with Crippen molar-refractivity contribution in [1.29, 1.82) is 0 Å². The van der Waals surface area contributed by atoms with Gasteiger partial charge in [0.15, 0.2) is 0 Å². The lowest BCUT2D eigenvalue weighted by Crippen LogP contribution is -2.43. The summed E-state index contributed by atoms with van der Waals surface area (Å²) in [5.74, 6) is -0.0196. The highest BCUT2D eigenvalue weighted by atomic mass is 16.2. The van der Waals surface area contributed by atoms with E-state index in [1.54, 1.807) is 0 Å². The number of amides is 2.